The van der Waals surface area contributed by atoms with E-state index in [0.717, 1.165) is 38.5 Å². The molecule has 1 aromatic heterocycles. The third-order valence-corrected chi connectivity index (χ3v) is 5.51. The monoisotopic (exact) mass is 429 g/mol. The molecule has 1 saturated carbocycles. The summed E-state index contributed by atoms with van der Waals surface area (Å²) < 4.78 is 11.3. The number of ether oxygens (including phenoxy) is 2. The van der Waals surface area contributed by atoms with Crippen LogP contribution in [0.4, 0.5) is 4.79 Å². The Bertz CT molecular complexity index is 824. The van der Waals surface area contributed by atoms with Crippen LogP contribution < -0.4 is 10.1 Å². The van der Waals surface area contributed by atoms with Crippen LogP contribution in [0.3, 0.4) is 0 Å². The number of hydrogen-bond acceptors (Lipinski definition) is 7. The van der Waals surface area contributed by atoms with Gasteiger partial charge in [-0.1, -0.05) is 0 Å². The maximum atomic E-state index is 12.8. The van der Waals surface area contributed by atoms with E-state index in [9.17, 15) is 9.59 Å². The molecule has 168 valence electrons. The van der Waals surface area contributed by atoms with Crippen LogP contribution in [-0.4, -0.2) is 57.7 Å². The van der Waals surface area contributed by atoms with Gasteiger partial charge in [-0.2, -0.15) is 5.26 Å². The Kier molecular flexibility index (Phi) is 7.31. The standard InChI is InChI=1S/C22H31N5O4/c1-22(2,3)31-21(29)27-12-4-5-15(14-27)19(28)26-16-6-8-17(9-7-16)30-20-18(13-23)24-10-11-25-20/h10-11,15-17H,4-9,12,14H2,1-3H3,(H,26,28). The van der Waals surface area contributed by atoms with Crippen LogP contribution in [0, 0.1) is 17.2 Å². The lowest BCUT2D eigenvalue weighted by atomic mass is 9.91. The zero-order valence-corrected chi connectivity index (χ0v) is 18.5. The SMILES string of the molecule is CC(C)(C)OC(=O)N1CCCC(C(=O)NC2CCC(Oc3nccnc3C#N)CC2)C1. The van der Waals surface area contributed by atoms with Crippen molar-refractivity contribution in [3.63, 3.8) is 0 Å². The molecule has 31 heavy (non-hydrogen) atoms. The Morgan fingerprint density at radius 1 is 1.16 bits per heavy atom. The van der Waals surface area contributed by atoms with Crippen molar-refractivity contribution in [3.05, 3.63) is 18.1 Å². The van der Waals surface area contributed by atoms with E-state index in [2.05, 4.69) is 15.3 Å². The van der Waals surface area contributed by atoms with E-state index >= 15 is 0 Å². The first-order valence-electron chi connectivity index (χ1n) is 10.9. The van der Waals surface area contributed by atoms with Gasteiger partial charge in [0.1, 0.15) is 17.8 Å². The summed E-state index contributed by atoms with van der Waals surface area (Å²) in [6.45, 7) is 6.52. The molecule has 9 nitrogen and oxygen atoms in total. The zero-order valence-electron chi connectivity index (χ0n) is 18.5. The highest BCUT2D eigenvalue weighted by atomic mass is 16.6. The number of carbonyl (C=O) groups excluding carboxylic acids is 2. The first-order valence-corrected chi connectivity index (χ1v) is 10.9. The maximum absolute atomic E-state index is 12.8. The Balaban J connectivity index is 1.45. The third kappa shape index (κ3) is 6.54. The Morgan fingerprint density at radius 3 is 2.55 bits per heavy atom. The van der Waals surface area contributed by atoms with E-state index in [1.54, 1.807) is 4.90 Å². The summed E-state index contributed by atoms with van der Waals surface area (Å²) in [6.07, 6.45) is 7.24. The molecule has 2 fully saturated rings. The highest BCUT2D eigenvalue weighted by Crippen LogP contribution is 2.25. The fourth-order valence-corrected chi connectivity index (χ4v) is 3.97. The van der Waals surface area contributed by atoms with Crippen LogP contribution in [0.1, 0.15) is 65.0 Å². The molecular formula is C22H31N5O4. The van der Waals surface area contributed by atoms with Crippen LogP contribution >= 0.6 is 0 Å². The molecule has 1 aliphatic heterocycles. The van der Waals surface area contributed by atoms with Gasteiger partial charge in [-0.15, -0.1) is 0 Å². The number of nitrogens with zero attached hydrogens (tertiary/aromatic N) is 4. The van der Waals surface area contributed by atoms with Crippen LogP contribution in [0.25, 0.3) is 0 Å². The van der Waals surface area contributed by atoms with Crippen LogP contribution in [0.15, 0.2) is 12.4 Å². The van der Waals surface area contributed by atoms with Crippen molar-refractivity contribution in [1.82, 2.24) is 20.2 Å². The third-order valence-electron chi connectivity index (χ3n) is 5.51. The number of carbonyl (C=O) groups is 2. The fourth-order valence-electron chi connectivity index (χ4n) is 3.97. The summed E-state index contributed by atoms with van der Waals surface area (Å²) >= 11 is 0. The van der Waals surface area contributed by atoms with E-state index < -0.39 is 5.60 Å². The van der Waals surface area contributed by atoms with E-state index in [4.69, 9.17) is 14.7 Å². The molecule has 2 aliphatic rings. The molecule has 1 aromatic rings. The van der Waals surface area contributed by atoms with Gasteiger partial charge in [0.25, 0.3) is 5.88 Å². The summed E-state index contributed by atoms with van der Waals surface area (Å²) in [4.78, 5) is 34.8. The molecule has 0 aromatic carbocycles. The molecular weight excluding hydrogens is 398 g/mol. The molecule has 1 atom stereocenters. The summed E-state index contributed by atoms with van der Waals surface area (Å²) in [7, 11) is 0. The zero-order chi connectivity index (χ0) is 22.4. The van der Waals surface area contributed by atoms with Gasteiger partial charge in [-0.05, 0) is 59.3 Å². The molecule has 1 aliphatic carbocycles. The number of aromatic nitrogens is 2. The van der Waals surface area contributed by atoms with E-state index in [0.29, 0.717) is 13.1 Å². The van der Waals surface area contributed by atoms with Crippen molar-refractivity contribution in [3.8, 4) is 11.9 Å². The van der Waals surface area contributed by atoms with Crippen LogP contribution in [0.5, 0.6) is 5.88 Å². The number of nitrogens with one attached hydrogen (secondary N) is 1. The van der Waals surface area contributed by atoms with Gasteiger partial charge in [0.05, 0.1) is 5.92 Å². The molecule has 3 rings (SSSR count). The highest BCUT2D eigenvalue weighted by molar-refractivity contribution is 5.80. The van der Waals surface area contributed by atoms with Gasteiger partial charge in [0.2, 0.25) is 11.6 Å². The molecule has 1 unspecified atom stereocenters. The maximum Gasteiger partial charge on any atom is 0.410 e. The topological polar surface area (TPSA) is 117 Å². The van der Waals surface area contributed by atoms with Crippen molar-refractivity contribution >= 4 is 12.0 Å². The minimum Gasteiger partial charge on any atom is -0.472 e. The fraction of sp³-hybridized carbons (Fsp3) is 0.682. The van der Waals surface area contributed by atoms with E-state index in [1.165, 1.54) is 12.4 Å². The van der Waals surface area contributed by atoms with E-state index in [1.807, 2.05) is 26.8 Å². The summed E-state index contributed by atoms with van der Waals surface area (Å²) in [5.74, 6) is 0.0493. The van der Waals surface area contributed by atoms with Gasteiger partial charge >= 0.3 is 6.09 Å². The predicted octanol–water partition coefficient (Wildman–Crippen LogP) is 2.80. The summed E-state index contributed by atoms with van der Waals surface area (Å²) in [6, 6.07) is 2.07. The number of rotatable bonds is 4. The molecule has 0 bridgehead atoms. The molecule has 0 spiro atoms. The van der Waals surface area contributed by atoms with Crippen molar-refractivity contribution in [2.45, 2.75) is 77.0 Å². The average Bonchev–Trinajstić information content (AvgIpc) is 2.74. The van der Waals surface area contributed by atoms with Gasteiger partial charge < -0.3 is 19.7 Å². The smallest absolute Gasteiger partial charge is 0.410 e. The lowest BCUT2D eigenvalue weighted by Gasteiger charge is -2.35. The predicted molar refractivity (Wildman–Crippen MR) is 112 cm³/mol. The van der Waals surface area contributed by atoms with E-state index in [-0.39, 0.29) is 41.6 Å². The number of piperidine rings is 1. The lowest BCUT2D eigenvalue weighted by molar-refractivity contribution is -0.127. The molecule has 1 saturated heterocycles. The first kappa shape index (κ1) is 22.8. The minimum absolute atomic E-state index is 0.00156. The van der Waals surface area contributed by atoms with Gasteiger partial charge in [-0.3, -0.25) is 4.79 Å². The van der Waals surface area contributed by atoms with Crippen LogP contribution in [-0.2, 0) is 9.53 Å². The lowest BCUT2D eigenvalue weighted by Crippen LogP contribution is -2.49. The van der Waals surface area contributed by atoms with Crippen molar-refractivity contribution in [1.29, 1.82) is 5.26 Å². The second-order valence-corrected chi connectivity index (χ2v) is 9.19. The van der Waals surface area contributed by atoms with Crippen LogP contribution in [0.2, 0.25) is 0 Å². The summed E-state index contributed by atoms with van der Waals surface area (Å²) in [5.41, 5.74) is -0.364. The van der Waals surface area contributed by atoms with Crippen molar-refractivity contribution in [2.75, 3.05) is 13.1 Å². The Hall–Kier alpha value is -2.89. The average molecular weight is 430 g/mol. The normalized spacial score (nSPS) is 24.1. The van der Waals surface area contributed by atoms with Crippen molar-refractivity contribution in [2.24, 2.45) is 5.92 Å². The largest absolute Gasteiger partial charge is 0.472 e. The first-order chi connectivity index (χ1) is 14.7. The minimum atomic E-state index is -0.549. The summed E-state index contributed by atoms with van der Waals surface area (Å²) in [5, 5.41) is 12.3. The second kappa shape index (κ2) is 9.94. The number of amides is 2. The number of likely N-dealkylation sites (tertiary alicyclic amines) is 1. The second-order valence-electron chi connectivity index (χ2n) is 9.19. The van der Waals surface area contributed by atoms with Crippen molar-refractivity contribution < 1.29 is 19.1 Å². The van der Waals surface area contributed by atoms with Gasteiger partial charge in [-0.25, -0.2) is 14.8 Å². The molecule has 2 heterocycles. The number of hydrogen-bond donors (Lipinski definition) is 1. The molecule has 9 heteroatoms. The highest BCUT2D eigenvalue weighted by Gasteiger charge is 2.33. The molecule has 1 N–H and O–H groups in total. The molecule has 2 amide bonds. The van der Waals surface area contributed by atoms with Gasteiger partial charge in [0, 0.05) is 31.5 Å². The van der Waals surface area contributed by atoms with Gasteiger partial charge in [0.15, 0.2) is 0 Å². The number of nitriles is 1. The Labute approximate surface area is 183 Å². The Morgan fingerprint density at radius 2 is 1.87 bits per heavy atom. The molecule has 0 radical (unpaired) electrons. The quantitative estimate of drug-likeness (QED) is 0.782.